The van der Waals surface area contributed by atoms with E-state index in [1.807, 2.05) is 6.07 Å². The molecule has 0 spiro atoms. The number of nitrogens with zero attached hydrogens (tertiary/aromatic N) is 2. The molecule has 0 amide bonds. The summed E-state index contributed by atoms with van der Waals surface area (Å²) in [6.45, 7) is 0.342. The number of hydrogen-bond acceptors (Lipinski definition) is 6. The van der Waals surface area contributed by atoms with Gasteiger partial charge in [-0.3, -0.25) is 0 Å². The normalized spacial score (nSPS) is 9.65. The average Bonchev–Trinajstić information content (AvgIpc) is 2.52. The first-order valence-electron chi connectivity index (χ1n) is 5.88. The van der Waals surface area contributed by atoms with E-state index in [-0.39, 0.29) is 0 Å². The van der Waals surface area contributed by atoms with Crippen molar-refractivity contribution in [3.8, 4) is 17.6 Å². The van der Waals surface area contributed by atoms with Crippen LogP contribution < -0.4 is 20.7 Å². The molecule has 0 aliphatic rings. The lowest BCUT2D eigenvalue weighted by Crippen LogP contribution is -2.09. The lowest BCUT2D eigenvalue weighted by Gasteiger charge is -2.09. The molecule has 0 fully saturated rings. The molecule has 2 rings (SSSR count). The SMILES string of the molecule is COc1cc(C#N)cc(OCc2ccnc(NN)c2)c1. The van der Waals surface area contributed by atoms with E-state index < -0.39 is 0 Å². The molecule has 6 nitrogen and oxygen atoms in total. The number of aromatic nitrogens is 1. The summed E-state index contributed by atoms with van der Waals surface area (Å²) in [5, 5.41) is 8.94. The van der Waals surface area contributed by atoms with Gasteiger partial charge in [-0.25, -0.2) is 10.8 Å². The van der Waals surface area contributed by atoms with E-state index in [2.05, 4.69) is 16.5 Å². The van der Waals surface area contributed by atoms with Crippen molar-refractivity contribution in [2.45, 2.75) is 6.61 Å². The fourth-order valence-electron chi connectivity index (χ4n) is 1.65. The zero-order valence-corrected chi connectivity index (χ0v) is 11.0. The van der Waals surface area contributed by atoms with Crippen molar-refractivity contribution in [1.29, 1.82) is 5.26 Å². The second-order valence-corrected chi connectivity index (χ2v) is 3.99. The zero-order chi connectivity index (χ0) is 14.4. The Kier molecular flexibility index (Phi) is 4.37. The summed E-state index contributed by atoms with van der Waals surface area (Å²) in [5.41, 5.74) is 3.87. The zero-order valence-electron chi connectivity index (χ0n) is 11.0. The van der Waals surface area contributed by atoms with Crippen LogP contribution in [0, 0.1) is 11.3 Å². The summed E-state index contributed by atoms with van der Waals surface area (Å²) in [6, 6.07) is 10.7. The largest absolute Gasteiger partial charge is 0.497 e. The second kappa shape index (κ2) is 6.41. The summed E-state index contributed by atoms with van der Waals surface area (Å²) in [6.07, 6.45) is 1.64. The highest BCUT2D eigenvalue weighted by atomic mass is 16.5. The number of hydrogen-bond donors (Lipinski definition) is 2. The van der Waals surface area contributed by atoms with Crippen LogP contribution in [-0.2, 0) is 6.61 Å². The van der Waals surface area contributed by atoms with Crippen molar-refractivity contribution >= 4 is 5.82 Å². The van der Waals surface area contributed by atoms with Crippen LogP contribution in [0.25, 0.3) is 0 Å². The minimum absolute atomic E-state index is 0.342. The molecule has 1 aromatic heterocycles. The Morgan fingerprint density at radius 3 is 2.80 bits per heavy atom. The number of nitrogens with two attached hydrogens (primary N) is 1. The van der Waals surface area contributed by atoms with Crippen molar-refractivity contribution < 1.29 is 9.47 Å². The van der Waals surface area contributed by atoms with Gasteiger partial charge in [0.15, 0.2) is 0 Å². The number of methoxy groups -OCH3 is 1. The van der Waals surface area contributed by atoms with Crippen molar-refractivity contribution in [3.05, 3.63) is 47.7 Å². The van der Waals surface area contributed by atoms with Gasteiger partial charge in [0.25, 0.3) is 0 Å². The van der Waals surface area contributed by atoms with E-state index in [9.17, 15) is 0 Å². The predicted octanol–water partition coefficient (Wildman–Crippen LogP) is 1.83. The molecule has 1 heterocycles. The number of hydrazine groups is 1. The van der Waals surface area contributed by atoms with Crippen LogP contribution in [0.5, 0.6) is 11.5 Å². The van der Waals surface area contributed by atoms with E-state index in [0.29, 0.717) is 29.5 Å². The minimum atomic E-state index is 0.342. The molecule has 0 atom stereocenters. The molecule has 0 bridgehead atoms. The Hall–Kier alpha value is -2.78. The topological polar surface area (TPSA) is 93.2 Å². The van der Waals surface area contributed by atoms with E-state index in [0.717, 1.165) is 5.56 Å². The first-order chi connectivity index (χ1) is 9.75. The number of anilines is 1. The summed E-state index contributed by atoms with van der Waals surface area (Å²) >= 11 is 0. The number of benzene rings is 1. The molecule has 6 heteroatoms. The molecule has 0 saturated carbocycles. The van der Waals surface area contributed by atoms with Gasteiger partial charge in [-0.2, -0.15) is 5.26 Å². The molecule has 102 valence electrons. The van der Waals surface area contributed by atoms with Crippen LogP contribution in [0.2, 0.25) is 0 Å². The molecular formula is C14H14N4O2. The van der Waals surface area contributed by atoms with Crippen LogP contribution >= 0.6 is 0 Å². The maximum absolute atomic E-state index is 8.94. The lowest BCUT2D eigenvalue weighted by molar-refractivity contribution is 0.303. The molecule has 0 radical (unpaired) electrons. The quantitative estimate of drug-likeness (QED) is 0.636. The maximum Gasteiger partial charge on any atom is 0.140 e. The van der Waals surface area contributed by atoms with Gasteiger partial charge in [0.05, 0.1) is 18.7 Å². The van der Waals surface area contributed by atoms with Gasteiger partial charge in [-0.1, -0.05) is 0 Å². The maximum atomic E-state index is 8.94. The van der Waals surface area contributed by atoms with Crippen LogP contribution in [0.3, 0.4) is 0 Å². The standard InChI is InChI=1S/C14H14N4O2/c1-19-12-4-11(8-15)5-13(7-12)20-9-10-2-3-17-14(6-10)18-16/h2-7H,9,16H2,1H3,(H,17,18). The summed E-state index contributed by atoms with van der Waals surface area (Å²) in [7, 11) is 1.54. The highest BCUT2D eigenvalue weighted by Crippen LogP contribution is 2.23. The number of rotatable bonds is 5. The minimum Gasteiger partial charge on any atom is -0.497 e. The Labute approximate surface area is 116 Å². The molecular weight excluding hydrogens is 256 g/mol. The second-order valence-electron chi connectivity index (χ2n) is 3.99. The van der Waals surface area contributed by atoms with Gasteiger partial charge in [0.2, 0.25) is 0 Å². The molecule has 0 aliphatic carbocycles. The van der Waals surface area contributed by atoms with Crippen LogP contribution in [0.15, 0.2) is 36.5 Å². The molecule has 0 unspecified atom stereocenters. The van der Waals surface area contributed by atoms with Gasteiger partial charge in [-0.05, 0) is 29.8 Å². The molecule has 20 heavy (non-hydrogen) atoms. The third kappa shape index (κ3) is 3.37. The molecule has 2 aromatic rings. The summed E-state index contributed by atoms with van der Waals surface area (Å²) in [5.74, 6) is 7.01. The fourth-order valence-corrected chi connectivity index (χ4v) is 1.65. The Morgan fingerprint density at radius 2 is 2.10 bits per heavy atom. The number of nitrogens with one attached hydrogen (secondary N) is 1. The Bertz CT molecular complexity index is 637. The predicted molar refractivity (Wildman–Crippen MR) is 74.1 cm³/mol. The van der Waals surface area contributed by atoms with E-state index >= 15 is 0 Å². The van der Waals surface area contributed by atoms with E-state index in [4.69, 9.17) is 20.6 Å². The van der Waals surface area contributed by atoms with E-state index in [1.165, 1.54) is 0 Å². The molecule has 3 N–H and O–H groups in total. The van der Waals surface area contributed by atoms with Gasteiger partial charge >= 0.3 is 0 Å². The molecule has 0 aliphatic heterocycles. The van der Waals surface area contributed by atoms with Gasteiger partial charge in [0.1, 0.15) is 23.9 Å². The third-order valence-electron chi connectivity index (χ3n) is 2.62. The van der Waals surface area contributed by atoms with Crippen molar-refractivity contribution in [1.82, 2.24) is 4.98 Å². The van der Waals surface area contributed by atoms with Crippen molar-refractivity contribution in [2.24, 2.45) is 5.84 Å². The lowest BCUT2D eigenvalue weighted by atomic mass is 10.2. The fraction of sp³-hybridized carbons (Fsp3) is 0.143. The highest BCUT2D eigenvalue weighted by molar-refractivity contribution is 5.44. The van der Waals surface area contributed by atoms with Crippen LogP contribution in [0.1, 0.15) is 11.1 Å². The van der Waals surface area contributed by atoms with Gasteiger partial charge in [0, 0.05) is 12.3 Å². The monoisotopic (exact) mass is 270 g/mol. The summed E-state index contributed by atoms with van der Waals surface area (Å²) < 4.78 is 10.8. The summed E-state index contributed by atoms with van der Waals surface area (Å²) in [4.78, 5) is 4.01. The average molecular weight is 270 g/mol. The number of ether oxygens (including phenoxy) is 2. The van der Waals surface area contributed by atoms with Gasteiger partial charge in [-0.15, -0.1) is 0 Å². The number of pyridine rings is 1. The van der Waals surface area contributed by atoms with Crippen molar-refractivity contribution in [2.75, 3.05) is 12.5 Å². The van der Waals surface area contributed by atoms with Crippen molar-refractivity contribution in [3.63, 3.8) is 0 Å². The number of nitriles is 1. The molecule has 1 aromatic carbocycles. The Morgan fingerprint density at radius 1 is 1.30 bits per heavy atom. The van der Waals surface area contributed by atoms with Gasteiger partial charge < -0.3 is 14.9 Å². The smallest absolute Gasteiger partial charge is 0.140 e. The first-order valence-corrected chi connectivity index (χ1v) is 5.88. The number of nitrogen functional groups attached to an aromatic ring is 1. The molecule has 0 saturated heterocycles. The Balaban J connectivity index is 2.12. The first kappa shape index (κ1) is 13.6. The third-order valence-corrected chi connectivity index (χ3v) is 2.62. The van der Waals surface area contributed by atoms with Crippen LogP contribution in [0.4, 0.5) is 5.82 Å². The van der Waals surface area contributed by atoms with E-state index in [1.54, 1.807) is 37.6 Å². The van der Waals surface area contributed by atoms with Crippen LogP contribution in [-0.4, -0.2) is 12.1 Å². The highest BCUT2D eigenvalue weighted by Gasteiger charge is 2.03.